The lowest BCUT2D eigenvalue weighted by Gasteiger charge is -2.38. The van der Waals surface area contributed by atoms with E-state index in [2.05, 4.69) is 22.4 Å². The fourth-order valence-electron chi connectivity index (χ4n) is 4.17. The van der Waals surface area contributed by atoms with Gasteiger partial charge < -0.3 is 10.0 Å². The van der Waals surface area contributed by atoms with Crippen molar-refractivity contribution >= 4 is 23.5 Å². The molecule has 166 valence electrons. The van der Waals surface area contributed by atoms with Crippen LogP contribution in [0, 0.1) is 5.41 Å². The normalized spacial score (nSPS) is 15.5. The van der Waals surface area contributed by atoms with Crippen molar-refractivity contribution in [3.05, 3.63) is 82.6 Å². The van der Waals surface area contributed by atoms with Crippen molar-refractivity contribution in [1.82, 2.24) is 19.9 Å². The van der Waals surface area contributed by atoms with Gasteiger partial charge in [-0.3, -0.25) is 14.3 Å². The van der Waals surface area contributed by atoms with Crippen LogP contribution in [0.5, 0.6) is 0 Å². The number of carbonyl (C=O) groups excluding carboxylic acids is 1. The van der Waals surface area contributed by atoms with E-state index in [0.717, 1.165) is 6.42 Å². The number of aromatic nitrogens is 3. The molecule has 0 unspecified atom stereocenters. The molecule has 1 saturated heterocycles. The number of carbonyl (C=O) groups is 2. The summed E-state index contributed by atoms with van der Waals surface area (Å²) in [7, 11) is 0. The minimum absolute atomic E-state index is 0.127. The maximum atomic E-state index is 12.8. The number of amides is 1. The summed E-state index contributed by atoms with van der Waals surface area (Å²) < 4.78 is 1.76. The van der Waals surface area contributed by atoms with Crippen molar-refractivity contribution in [2.24, 2.45) is 5.41 Å². The van der Waals surface area contributed by atoms with Crippen LogP contribution in [0.1, 0.15) is 34.5 Å². The molecule has 1 aliphatic heterocycles. The lowest BCUT2D eigenvalue weighted by atomic mass is 9.75. The zero-order chi connectivity index (χ0) is 22.6. The Kier molecular flexibility index (Phi) is 6.55. The minimum Gasteiger partial charge on any atom is -0.481 e. The molecule has 0 saturated carbocycles. The quantitative estimate of drug-likeness (QED) is 0.590. The molecule has 0 bridgehead atoms. The van der Waals surface area contributed by atoms with Gasteiger partial charge in [-0.25, -0.2) is 0 Å². The molecule has 8 heteroatoms. The van der Waals surface area contributed by atoms with Crippen molar-refractivity contribution in [1.29, 1.82) is 0 Å². The minimum atomic E-state index is -0.953. The first-order valence-corrected chi connectivity index (χ1v) is 11.0. The van der Waals surface area contributed by atoms with Crippen LogP contribution in [0.3, 0.4) is 0 Å². The molecule has 32 heavy (non-hydrogen) atoms. The third kappa shape index (κ3) is 4.99. The number of carboxylic acids is 1. The van der Waals surface area contributed by atoms with E-state index in [1.54, 1.807) is 33.8 Å². The Balaban J connectivity index is 1.38. The standard InChI is InChI=1S/C24H25ClN4O3/c25-20-8-4-7-19(15-20)22(30)28-13-10-24(11-14-28,23(31)32)16-21-17-29(27-26-21)12-9-18-5-2-1-3-6-18/h1-8,15,17H,9-14,16H2,(H,31,32). The van der Waals surface area contributed by atoms with Crippen LogP contribution in [0.25, 0.3) is 0 Å². The van der Waals surface area contributed by atoms with Crippen LogP contribution in [0.2, 0.25) is 5.02 Å². The number of carboxylic acid groups (broad SMARTS) is 1. The van der Waals surface area contributed by atoms with Crippen molar-refractivity contribution < 1.29 is 14.7 Å². The number of nitrogens with zero attached hydrogens (tertiary/aromatic N) is 4. The van der Waals surface area contributed by atoms with Gasteiger partial charge in [0.25, 0.3) is 5.91 Å². The van der Waals surface area contributed by atoms with Gasteiger partial charge in [0.2, 0.25) is 0 Å². The number of hydrogen-bond donors (Lipinski definition) is 1. The fourth-order valence-corrected chi connectivity index (χ4v) is 4.36. The highest BCUT2D eigenvalue weighted by Gasteiger charge is 2.43. The number of piperidine rings is 1. The zero-order valence-electron chi connectivity index (χ0n) is 17.7. The Labute approximate surface area is 191 Å². The van der Waals surface area contributed by atoms with E-state index in [0.29, 0.717) is 55.2 Å². The lowest BCUT2D eigenvalue weighted by molar-refractivity contribution is -0.151. The molecule has 3 aromatic rings. The molecule has 1 aliphatic rings. The van der Waals surface area contributed by atoms with Crippen LogP contribution >= 0.6 is 11.6 Å². The highest BCUT2D eigenvalue weighted by atomic mass is 35.5. The van der Waals surface area contributed by atoms with E-state index in [4.69, 9.17) is 11.6 Å². The van der Waals surface area contributed by atoms with Crippen molar-refractivity contribution in [2.75, 3.05) is 13.1 Å². The predicted octanol–water partition coefficient (Wildman–Crippen LogP) is 3.72. The number of rotatable bonds is 7. The molecule has 4 rings (SSSR count). The van der Waals surface area contributed by atoms with Gasteiger partial charge in [0.15, 0.2) is 0 Å². The molecule has 1 aromatic heterocycles. The second-order valence-corrected chi connectivity index (χ2v) is 8.71. The summed E-state index contributed by atoms with van der Waals surface area (Å²) in [5, 5.41) is 18.9. The van der Waals surface area contributed by atoms with Gasteiger partial charge in [0, 0.05) is 42.8 Å². The third-order valence-corrected chi connectivity index (χ3v) is 6.35. The Morgan fingerprint density at radius 1 is 1.06 bits per heavy atom. The Morgan fingerprint density at radius 3 is 2.50 bits per heavy atom. The summed E-state index contributed by atoms with van der Waals surface area (Å²) in [5.74, 6) is -0.982. The molecule has 1 N–H and O–H groups in total. The van der Waals surface area contributed by atoms with Crippen molar-refractivity contribution in [3.63, 3.8) is 0 Å². The molecular formula is C24H25ClN4O3. The van der Waals surface area contributed by atoms with Crippen LogP contribution in [0.4, 0.5) is 0 Å². The largest absolute Gasteiger partial charge is 0.481 e. The average Bonchev–Trinajstić information content (AvgIpc) is 3.25. The second-order valence-electron chi connectivity index (χ2n) is 8.27. The molecule has 0 atom stereocenters. The van der Waals surface area contributed by atoms with E-state index in [-0.39, 0.29) is 5.91 Å². The van der Waals surface area contributed by atoms with Crippen LogP contribution in [0.15, 0.2) is 60.8 Å². The molecule has 2 heterocycles. The highest BCUT2D eigenvalue weighted by molar-refractivity contribution is 6.30. The van der Waals surface area contributed by atoms with Gasteiger partial charge in [0.1, 0.15) is 0 Å². The third-order valence-electron chi connectivity index (χ3n) is 6.11. The van der Waals surface area contributed by atoms with Gasteiger partial charge in [0.05, 0.1) is 11.1 Å². The SMILES string of the molecule is O=C(c1cccc(Cl)c1)N1CCC(Cc2cn(CCc3ccccc3)nn2)(C(=O)O)CC1. The molecule has 2 aromatic carbocycles. The molecule has 1 fully saturated rings. The van der Waals surface area contributed by atoms with E-state index in [1.165, 1.54) is 5.56 Å². The van der Waals surface area contributed by atoms with Gasteiger partial charge in [-0.1, -0.05) is 53.2 Å². The number of halogens is 1. The predicted molar refractivity (Wildman–Crippen MR) is 121 cm³/mol. The first kappa shape index (κ1) is 22.0. The molecule has 1 amide bonds. The van der Waals surface area contributed by atoms with Crippen LogP contribution < -0.4 is 0 Å². The summed E-state index contributed by atoms with van der Waals surface area (Å²) in [6, 6.07) is 16.9. The molecule has 7 nitrogen and oxygen atoms in total. The average molecular weight is 453 g/mol. The Hall–Kier alpha value is -3.19. The summed E-state index contributed by atoms with van der Waals surface area (Å²) in [6.45, 7) is 1.43. The first-order chi connectivity index (χ1) is 15.4. The number of aryl methyl sites for hydroxylation is 2. The van der Waals surface area contributed by atoms with E-state index >= 15 is 0 Å². The highest BCUT2D eigenvalue weighted by Crippen LogP contribution is 2.35. The fraction of sp³-hybridized carbons (Fsp3) is 0.333. The number of benzene rings is 2. The monoisotopic (exact) mass is 452 g/mol. The number of hydrogen-bond acceptors (Lipinski definition) is 4. The Morgan fingerprint density at radius 2 is 1.81 bits per heavy atom. The maximum absolute atomic E-state index is 12.8. The van der Waals surface area contributed by atoms with Crippen LogP contribution in [-0.2, 0) is 24.2 Å². The van der Waals surface area contributed by atoms with Gasteiger partial charge in [-0.05, 0) is 43.0 Å². The van der Waals surface area contributed by atoms with Crippen LogP contribution in [-0.4, -0.2) is 50.0 Å². The molecular weight excluding hydrogens is 428 g/mol. The topological polar surface area (TPSA) is 88.3 Å². The molecule has 0 radical (unpaired) electrons. The summed E-state index contributed by atoms with van der Waals surface area (Å²) in [5.41, 5.74) is 1.44. The zero-order valence-corrected chi connectivity index (χ0v) is 18.4. The summed E-state index contributed by atoms with van der Waals surface area (Å²) >= 11 is 6.00. The van der Waals surface area contributed by atoms with E-state index < -0.39 is 11.4 Å². The molecule has 0 spiro atoms. The van der Waals surface area contributed by atoms with E-state index in [9.17, 15) is 14.7 Å². The number of likely N-dealkylation sites (tertiary alicyclic amines) is 1. The summed E-state index contributed by atoms with van der Waals surface area (Å²) in [6.07, 6.45) is 3.69. The van der Waals surface area contributed by atoms with Gasteiger partial charge in [-0.15, -0.1) is 5.10 Å². The molecule has 0 aliphatic carbocycles. The Bertz CT molecular complexity index is 1090. The van der Waals surface area contributed by atoms with Gasteiger partial charge >= 0.3 is 5.97 Å². The van der Waals surface area contributed by atoms with E-state index in [1.807, 2.05) is 24.4 Å². The number of aliphatic carboxylic acids is 1. The maximum Gasteiger partial charge on any atom is 0.310 e. The smallest absolute Gasteiger partial charge is 0.310 e. The van der Waals surface area contributed by atoms with Gasteiger partial charge in [-0.2, -0.15) is 0 Å². The first-order valence-electron chi connectivity index (χ1n) is 10.7. The summed E-state index contributed by atoms with van der Waals surface area (Å²) in [4.78, 5) is 26.7. The second kappa shape index (κ2) is 9.53. The lowest BCUT2D eigenvalue weighted by Crippen LogP contribution is -2.47. The van der Waals surface area contributed by atoms with Crippen molar-refractivity contribution in [2.45, 2.75) is 32.2 Å². The van der Waals surface area contributed by atoms with Crippen molar-refractivity contribution in [3.8, 4) is 0 Å².